The van der Waals surface area contributed by atoms with Crippen LogP contribution in [0.4, 0.5) is 0 Å². The fourth-order valence-corrected chi connectivity index (χ4v) is 3.16. The van der Waals surface area contributed by atoms with E-state index in [1.165, 1.54) is 73.6 Å². The zero-order valence-electron chi connectivity index (χ0n) is 14.3. The van der Waals surface area contributed by atoms with E-state index in [0.717, 1.165) is 12.4 Å². The van der Waals surface area contributed by atoms with Gasteiger partial charge in [-0.2, -0.15) is 0 Å². The van der Waals surface area contributed by atoms with Gasteiger partial charge in [-0.3, -0.25) is 0 Å². The summed E-state index contributed by atoms with van der Waals surface area (Å²) < 4.78 is 5.86. The maximum absolute atomic E-state index is 5.86. The van der Waals surface area contributed by atoms with E-state index in [2.05, 4.69) is 49.4 Å². The zero-order valence-corrected chi connectivity index (χ0v) is 14.3. The molecule has 1 aromatic carbocycles. The molecule has 1 aromatic rings. The predicted molar refractivity (Wildman–Crippen MR) is 99.0 cm³/mol. The van der Waals surface area contributed by atoms with Crippen LogP contribution in [-0.4, -0.2) is 6.61 Å². The Kier molecular flexibility index (Phi) is 5.74. The van der Waals surface area contributed by atoms with Crippen molar-refractivity contribution in [2.75, 3.05) is 6.61 Å². The largest absolute Gasteiger partial charge is 0.494 e. The molecule has 0 radical (unpaired) electrons. The molecule has 2 aliphatic carbocycles. The summed E-state index contributed by atoms with van der Waals surface area (Å²) in [5.74, 6) is 0.994. The zero-order chi connectivity index (χ0) is 15.9. The summed E-state index contributed by atoms with van der Waals surface area (Å²) in [5.41, 5.74) is 5.46. The van der Waals surface area contributed by atoms with Crippen LogP contribution >= 0.6 is 0 Å². The number of hydrogen-bond donors (Lipinski definition) is 0. The molecule has 122 valence electrons. The normalized spacial score (nSPS) is 11.5. The Bertz CT molecular complexity index is 612. The van der Waals surface area contributed by atoms with Gasteiger partial charge in [0.1, 0.15) is 5.75 Å². The Labute approximate surface area is 140 Å². The number of fused-ring (bicyclic) bond motifs is 1. The summed E-state index contributed by atoms with van der Waals surface area (Å²) in [5, 5.41) is 0. The predicted octanol–water partition coefficient (Wildman–Crippen LogP) is 6.85. The average Bonchev–Trinajstić information content (AvgIpc) is 3.24. The molecular formula is C22H28O. The van der Waals surface area contributed by atoms with Gasteiger partial charge >= 0.3 is 0 Å². The van der Waals surface area contributed by atoms with Crippen molar-refractivity contribution >= 4 is 0 Å². The molecule has 2 aliphatic rings. The van der Waals surface area contributed by atoms with Crippen LogP contribution in [0.5, 0.6) is 5.75 Å². The van der Waals surface area contributed by atoms with Crippen molar-refractivity contribution in [3.8, 4) is 28.0 Å². The van der Waals surface area contributed by atoms with E-state index in [0.29, 0.717) is 0 Å². The SMILES string of the molecule is CCCCCCCCCCOc1ccc(-c2ccc3cc2-3)cc1. The van der Waals surface area contributed by atoms with Gasteiger partial charge in [0.25, 0.3) is 0 Å². The Morgan fingerprint density at radius 1 is 0.652 bits per heavy atom. The van der Waals surface area contributed by atoms with E-state index in [1.807, 2.05) is 0 Å². The fraction of sp³-hybridized carbons (Fsp3) is 0.455. The smallest absolute Gasteiger partial charge is 0.119 e. The molecule has 0 unspecified atom stereocenters. The van der Waals surface area contributed by atoms with E-state index in [9.17, 15) is 0 Å². The third-order valence-corrected chi connectivity index (χ3v) is 4.68. The van der Waals surface area contributed by atoms with Crippen LogP contribution in [0.2, 0.25) is 0 Å². The van der Waals surface area contributed by atoms with Gasteiger partial charge in [0.2, 0.25) is 0 Å². The van der Waals surface area contributed by atoms with E-state index in [-0.39, 0.29) is 0 Å². The number of benzene rings is 2. The maximum Gasteiger partial charge on any atom is 0.119 e. The Balaban J connectivity index is 1.30. The highest BCUT2D eigenvalue weighted by atomic mass is 16.5. The highest BCUT2D eigenvalue weighted by molar-refractivity contribution is 5.96. The number of rotatable bonds is 11. The monoisotopic (exact) mass is 308 g/mol. The van der Waals surface area contributed by atoms with E-state index < -0.39 is 0 Å². The third kappa shape index (κ3) is 4.60. The number of ether oxygens (including phenoxy) is 1. The molecule has 0 saturated heterocycles. The number of hydrogen-bond acceptors (Lipinski definition) is 1. The lowest BCUT2D eigenvalue weighted by atomic mass is 10.1. The summed E-state index contributed by atoms with van der Waals surface area (Å²) in [6.07, 6.45) is 10.7. The fourth-order valence-electron chi connectivity index (χ4n) is 3.16. The first-order chi connectivity index (χ1) is 11.4. The van der Waals surface area contributed by atoms with Crippen molar-refractivity contribution in [1.82, 2.24) is 0 Å². The molecule has 0 saturated carbocycles. The van der Waals surface area contributed by atoms with Crippen LogP contribution in [0.25, 0.3) is 22.3 Å². The summed E-state index contributed by atoms with van der Waals surface area (Å²) in [6.45, 7) is 3.11. The Hall–Kier alpha value is -1.76. The number of unbranched alkanes of at least 4 members (excludes halogenated alkanes) is 7. The Morgan fingerprint density at radius 3 is 1.91 bits per heavy atom. The lowest BCUT2D eigenvalue weighted by Crippen LogP contribution is -1.97. The van der Waals surface area contributed by atoms with Gasteiger partial charge in [0.05, 0.1) is 6.61 Å². The minimum atomic E-state index is 0.841. The molecule has 0 amide bonds. The molecule has 0 aromatic heterocycles. The molecule has 3 rings (SSSR count). The lowest BCUT2D eigenvalue weighted by molar-refractivity contribution is 0.304. The second-order valence-corrected chi connectivity index (χ2v) is 6.61. The van der Waals surface area contributed by atoms with Crippen molar-refractivity contribution in [3.05, 3.63) is 42.5 Å². The van der Waals surface area contributed by atoms with Gasteiger partial charge in [-0.15, -0.1) is 0 Å². The van der Waals surface area contributed by atoms with Crippen molar-refractivity contribution in [2.45, 2.75) is 58.3 Å². The molecule has 0 bridgehead atoms. The molecular weight excluding hydrogens is 280 g/mol. The maximum atomic E-state index is 5.86. The molecule has 0 atom stereocenters. The van der Waals surface area contributed by atoms with E-state index in [1.54, 1.807) is 0 Å². The highest BCUT2D eigenvalue weighted by Gasteiger charge is 2.17. The first-order valence-electron chi connectivity index (χ1n) is 9.26. The molecule has 0 aliphatic heterocycles. The van der Waals surface area contributed by atoms with Gasteiger partial charge in [0, 0.05) is 0 Å². The minimum Gasteiger partial charge on any atom is -0.494 e. The molecule has 1 nitrogen and oxygen atoms in total. The molecule has 1 heteroatoms. The van der Waals surface area contributed by atoms with E-state index in [4.69, 9.17) is 4.74 Å². The first-order valence-corrected chi connectivity index (χ1v) is 9.26. The minimum absolute atomic E-state index is 0.841. The standard InChI is InChI=1S/C22H28O/c1-2-3-4-5-6-7-8-9-16-23-20-13-10-18(11-14-20)21-15-12-19-17-22(19)21/h10-15,17H,2-9,16H2,1H3. The van der Waals surface area contributed by atoms with E-state index >= 15 is 0 Å². The van der Waals surface area contributed by atoms with Crippen LogP contribution in [0, 0.1) is 0 Å². The van der Waals surface area contributed by atoms with Crippen LogP contribution in [0.3, 0.4) is 0 Å². The van der Waals surface area contributed by atoms with Crippen molar-refractivity contribution in [1.29, 1.82) is 0 Å². The van der Waals surface area contributed by atoms with Crippen molar-refractivity contribution in [3.63, 3.8) is 0 Å². The van der Waals surface area contributed by atoms with Gasteiger partial charge < -0.3 is 4.74 Å². The lowest BCUT2D eigenvalue weighted by Gasteiger charge is -2.07. The van der Waals surface area contributed by atoms with Crippen molar-refractivity contribution < 1.29 is 4.74 Å². The Morgan fingerprint density at radius 2 is 1.30 bits per heavy atom. The van der Waals surface area contributed by atoms with Crippen LogP contribution < -0.4 is 4.74 Å². The second kappa shape index (κ2) is 8.19. The summed E-state index contributed by atoms with van der Waals surface area (Å²) in [4.78, 5) is 0. The molecule has 0 heterocycles. The van der Waals surface area contributed by atoms with Crippen molar-refractivity contribution in [2.24, 2.45) is 0 Å². The topological polar surface area (TPSA) is 9.23 Å². The van der Waals surface area contributed by atoms with Crippen LogP contribution in [0.1, 0.15) is 58.3 Å². The quantitative estimate of drug-likeness (QED) is 0.352. The van der Waals surface area contributed by atoms with Crippen LogP contribution in [-0.2, 0) is 0 Å². The molecule has 0 fully saturated rings. The first kappa shape index (κ1) is 16.1. The molecule has 0 spiro atoms. The summed E-state index contributed by atoms with van der Waals surface area (Å²) in [7, 11) is 0. The summed E-state index contributed by atoms with van der Waals surface area (Å²) in [6, 6.07) is 15.2. The third-order valence-electron chi connectivity index (χ3n) is 4.68. The molecule has 0 N–H and O–H groups in total. The van der Waals surface area contributed by atoms with Crippen LogP contribution in [0.15, 0.2) is 42.5 Å². The van der Waals surface area contributed by atoms with Gasteiger partial charge in [-0.25, -0.2) is 0 Å². The second-order valence-electron chi connectivity index (χ2n) is 6.61. The molecule has 23 heavy (non-hydrogen) atoms. The van der Waals surface area contributed by atoms with Gasteiger partial charge in [-0.1, -0.05) is 76.1 Å². The highest BCUT2D eigenvalue weighted by Crippen LogP contribution is 2.44. The van der Waals surface area contributed by atoms with Gasteiger partial charge in [0.15, 0.2) is 0 Å². The average molecular weight is 308 g/mol. The summed E-state index contributed by atoms with van der Waals surface area (Å²) >= 11 is 0. The van der Waals surface area contributed by atoms with Gasteiger partial charge in [-0.05, 0) is 46.9 Å².